The normalized spacial score (nSPS) is 10.3. The highest BCUT2D eigenvalue weighted by molar-refractivity contribution is 6.43. The first-order valence-electron chi connectivity index (χ1n) is 5.53. The fraction of sp³-hybridized carbons (Fsp3) is 0.0769. The van der Waals surface area contributed by atoms with Crippen LogP contribution in [0.2, 0.25) is 10.0 Å². The van der Waals surface area contributed by atoms with Crippen molar-refractivity contribution in [3.05, 3.63) is 57.5 Å². The van der Waals surface area contributed by atoms with E-state index in [0.717, 1.165) is 0 Å². The number of hydrogen-bond donors (Lipinski definition) is 2. The molecule has 1 aromatic carbocycles. The van der Waals surface area contributed by atoms with Gasteiger partial charge in [0.15, 0.2) is 0 Å². The average Bonchev–Trinajstić information content (AvgIpc) is 2.88. The van der Waals surface area contributed by atoms with Gasteiger partial charge in [-0.25, -0.2) is 4.79 Å². The second-order valence-electron chi connectivity index (χ2n) is 3.86. The Hall–Kier alpha value is -1.98. The lowest BCUT2D eigenvalue weighted by atomic mass is 10.2. The third-order valence-corrected chi connectivity index (χ3v) is 3.31. The third-order valence-electron chi connectivity index (χ3n) is 2.49. The van der Waals surface area contributed by atoms with Crippen molar-refractivity contribution >= 4 is 35.1 Å². The molecule has 2 aromatic rings. The van der Waals surface area contributed by atoms with E-state index in [9.17, 15) is 9.59 Å². The van der Waals surface area contributed by atoms with Gasteiger partial charge in [0, 0.05) is 0 Å². The highest BCUT2D eigenvalue weighted by atomic mass is 35.5. The summed E-state index contributed by atoms with van der Waals surface area (Å²) in [4.78, 5) is 22.6. The van der Waals surface area contributed by atoms with Gasteiger partial charge in [-0.05, 0) is 24.3 Å². The molecule has 5 nitrogen and oxygen atoms in total. The highest BCUT2D eigenvalue weighted by Gasteiger charge is 2.14. The Morgan fingerprint density at radius 1 is 1.20 bits per heavy atom. The molecule has 0 aliphatic carbocycles. The van der Waals surface area contributed by atoms with Gasteiger partial charge in [0.25, 0.3) is 5.91 Å². The average molecular weight is 314 g/mol. The molecule has 0 fully saturated rings. The smallest absolute Gasteiger partial charge is 0.371 e. The van der Waals surface area contributed by atoms with Crippen LogP contribution in [0.1, 0.15) is 26.7 Å². The van der Waals surface area contributed by atoms with Crippen molar-refractivity contribution in [2.24, 2.45) is 0 Å². The van der Waals surface area contributed by atoms with Gasteiger partial charge in [0.05, 0.1) is 22.2 Å². The van der Waals surface area contributed by atoms with Crippen LogP contribution < -0.4 is 5.32 Å². The van der Waals surface area contributed by atoms with E-state index in [-0.39, 0.29) is 27.9 Å². The van der Waals surface area contributed by atoms with E-state index in [4.69, 9.17) is 32.7 Å². The minimum atomic E-state index is -1.17. The SMILES string of the molecule is O=C(O)c1ccc(CNC(=O)c2cccc(Cl)c2Cl)o1. The molecule has 0 spiro atoms. The summed E-state index contributed by atoms with van der Waals surface area (Å²) in [6.07, 6.45) is 0. The first kappa shape index (κ1) is 14.4. The van der Waals surface area contributed by atoms with Gasteiger partial charge < -0.3 is 14.8 Å². The van der Waals surface area contributed by atoms with Gasteiger partial charge in [0.2, 0.25) is 5.76 Å². The molecule has 1 aromatic heterocycles. The zero-order valence-corrected chi connectivity index (χ0v) is 11.5. The summed E-state index contributed by atoms with van der Waals surface area (Å²) in [5.41, 5.74) is 0.240. The molecule has 0 atom stereocenters. The van der Waals surface area contributed by atoms with Gasteiger partial charge in [-0.1, -0.05) is 29.3 Å². The fourth-order valence-electron chi connectivity index (χ4n) is 1.53. The molecular weight excluding hydrogens is 305 g/mol. The summed E-state index contributed by atoms with van der Waals surface area (Å²) >= 11 is 11.7. The van der Waals surface area contributed by atoms with Crippen LogP contribution in [0.15, 0.2) is 34.7 Å². The summed E-state index contributed by atoms with van der Waals surface area (Å²) in [6, 6.07) is 7.51. The second-order valence-corrected chi connectivity index (χ2v) is 4.64. The molecule has 1 heterocycles. The van der Waals surface area contributed by atoms with Gasteiger partial charge in [-0.15, -0.1) is 0 Å². The molecule has 0 aliphatic heterocycles. The van der Waals surface area contributed by atoms with Crippen LogP contribution in [0.25, 0.3) is 0 Å². The predicted octanol–water partition coefficient (Wildman–Crippen LogP) is 3.21. The lowest BCUT2D eigenvalue weighted by Crippen LogP contribution is -2.22. The Balaban J connectivity index is 2.05. The summed E-state index contributed by atoms with van der Waals surface area (Å²) in [6.45, 7) is 0.0506. The van der Waals surface area contributed by atoms with E-state index in [2.05, 4.69) is 5.32 Å². The number of benzene rings is 1. The number of hydrogen-bond acceptors (Lipinski definition) is 3. The van der Waals surface area contributed by atoms with Crippen LogP contribution >= 0.6 is 23.2 Å². The van der Waals surface area contributed by atoms with Crippen molar-refractivity contribution < 1.29 is 19.1 Å². The molecule has 20 heavy (non-hydrogen) atoms. The van der Waals surface area contributed by atoms with Crippen LogP contribution in [0.5, 0.6) is 0 Å². The maximum Gasteiger partial charge on any atom is 0.371 e. The van der Waals surface area contributed by atoms with E-state index in [1.165, 1.54) is 18.2 Å². The molecule has 0 saturated heterocycles. The Morgan fingerprint density at radius 2 is 1.95 bits per heavy atom. The van der Waals surface area contributed by atoms with Crippen molar-refractivity contribution in [3.8, 4) is 0 Å². The number of rotatable bonds is 4. The van der Waals surface area contributed by atoms with E-state index in [1.807, 2.05) is 0 Å². The molecule has 0 aliphatic rings. The van der Waals surface area contributed by atoms with E-state index < -0.39 is 11.9 Å². The standard InChI is InChI=1S/C13H9Cl2NO4/c14-9-3-1-2-8(11(9)15)12(17)16-6-7-4-5-10(20-7)13(18)19/h1-5H,6H2,(H,16,17)(H,18,19). The fourth-order valence-corrected chi connectivity index (χ4v) is 1.92. The van der Waals surface area contributed by atoms with Gasteiger partial charge in [0.1, 0.15) is 5.76 Å². The molecule has 104 valence electrons. The Bertz CT molecular complexity index is 666. The summed E-state index contributed by atoms with van der Waals surface area (Å²) in [7, 11) is 0. The van der Waals surface area contributed by atoms with Crippen LogP contribution in [0, 0.1) is 0 Å². The number of furan rings is 1. The predicted molar refractivity (Wildman–Crippen MR) is 73.3 cm³/mol. The number of halogens is 2. The second kappa shape index (κ2) is 5.98. The summed E-state index contributed by atoms with van der Waals surface area (Å²) in [5, 5.41) is 11.7. The van der Waals surface area contributed by atoms with Crippen molar-refractivity contribution in [1.29, 1.82) is 0 Å². The molecule has 2 rings (SSSR count). The first-order valence-corrected chi connectivity index (χ1v) is 6.29. The summed E-state index contributed by atoms with van der Waals surface area (Å²) in [5.74, 6) is -1.45. The number of amides is 1. The monoisotopic (exact) mass is 313 g/mol. The molecule has 2 N–H and O–H groups in total. The van der Waals surface area contributed by atoms with Crippen LogP contribution in [-0.4, -0.2) is 17.0 Å². The summed E-state index contributed by atoms with van der Waals surface area (Å²) < 4.78 is 5.01. The number of carbonyl (C=O) groups excluding carboxylic acids is 1. The largest absolute Gasteiger partial charge is 0.475 e. The molecule has 0 radical (unpaired) electrons. The molecule has 7 heteroatoms. The zero-order valence-electron chi connectivity index (χ0n) is 10.0. The van der Waals surface area contributed by atoms with Gasteiger partial charge >= 0.3 is 5.97 Å². The molecule has 1 amide bonds. The van der Waals surface area contributed by atoms with Gasteiger partial charge in [-0.2, -0.15) is 0 Å². The van der Waals surface area contributed by atoms with Crippen LogP contribution in [-0.2, 0) is 6.54 Å². The first-order chi connectivity index (χ1) is 9.49. The third kappa shape index (κ3) is 3.12. The van der Waals surface area contributed by atoms with Crippen molar-refractivity contribution in [2.45, 2.75) is 6.54 Å². The maximum absolute atomic E-state index is 11.9. The topological polar surface area (TPSA) is 79.5 Å². The number of nitrogens with one attached hydrogen (secondary N) is 1. The maximum atomic E-state index is 11.9. The van der Waals surface area contributed by atoms with Crippen molar-refractivity contribution in [1.82, 2.24) is 5.32 Å². The quantitative estimate of drug-likeness (QED) is 0.908. The number of carboxylic acid groups (broad SMARTS) is 1. The molecule has 0 saturated carbocycles. The minimum Gasteiger partial charge on any atom is -0.475 e. The van der Waals surface area contributed by atoms with Crippen LogP contribution in [0.4, 0.5) is 0 Å². The van der Waals surface area contributed by atoms with Crippen LogP contribution in [0.3, 0.4) is 0 Å². The molecular formula is C13H9Cl2NO4. The molecule has 0 unspecified atom stereocenters. The Morgan fingerprint density at radius 3 is 2.60 bits per heavy atom. The highest BCUT2D eigenvalue weighted by Crippen LogP contribution is 2.25. The van der Waals surface area contributed by atoms with E-state index in [1.54, 1.807) is 12.1 Å². The van der Waals surface area contributed by atoms with Crippen molar-refractivity contribution in [3.63, 3.8) is 0 Å². The lowest BCUT2D eigenvalue weighted by molar-refractivity contribution is 0.0660. The molecule has 0 bridgehead atoms. The minimum absolute atomic E-state index is 0.0506. The zero-order chi connectivity index (χ0) is 14.7. The number of carbonyl (C=O) groups is 2. The van der Waals surface area contributed by atoms with Crippen molar-refractivity contribution in [2.75, 3.05) is 0 Å². The lowest BCUT2D eigenvalue weighted by Gasteiger charge is -2.06. The Labute approximate surface area is 124 Å². The number of carboxylic acids is 1. The van der Waals surface area contributed by atoms with E-state index in [0.29, 0.717) is 5.76 Å². The van der Waals surface area contributed by atoms with Gasteiger partial charge in [-0.3, -0.25) is 4.79 Å². The number of aromatic carboxylic acids is 1. The Kier molecular flexibility index (Phi) is 4.32. The van der Waals surface area contributed by atoms with E-state index >= 15 is 0 Å².